The van der Waals surface area contributed by atoms with E-state index in [9.17, 15) is 9.59 Å². The topological polar surface area (TPSA) is 64.6 Å². The molecular weight excluding hydrogens is 402 g/mol. The van der Waals surface area contributed by atoms with Crippen LogP contribution < -0.4 is 5.32 Å². The van der Waals surface area contributed by atoms with Gasteiger partial charge in [-0.25, -0.2) is 4.79 Å². The molecule has 6 heteroatoms. The molecule has 0 amide bonds. The number of hydrogen-bond donors (Lipinski definition) is 1. The Morgan fingerprint density at radius 1 is 1.33 bits per heavy atom. The fourth-order valence-corrected chi connectivity index (χ4v) is 4.95. The molecule has 2 unspecified atom stereocenters. The van der Waals surface area contributed by atoms with E-state index >= 15 is 0 Å². The first-order valence-corrected chi connectivity index (χ1v) is 10.9. The Bertz CT molecular complexity index is 940. The van der Waals surface area contributed by atoms with Crippen molar-refractivity contribution in [1.29, 1.82) is 0 Å². The van der Waals surface area contributed by atoms with E-state index in [1.165, 1.54) is 0 Å². The van der Waals surface area contributed by atoms with Crippen molar-refractivity contribution in [2.24, 2.45) is 5.41 Å². The Morgan fingerprint density at radius 2 is 2.13 bits per heavy atom. The molecule has 3 aliphatic rings. The molecule has 4 rings (SSSR count). The normalized spacial score (nSPS) is 25.8. The third kappa shape index (κ3) is 4.19. The largest absolute Gasteiger partial charge is 0.459 e. The molecule has 1 saturated heterocycles. The summed E-state index contributed by atoms with van der Waals surface area (Å²) in [6, 6.07) is 7.39. The van der Waals surface area contributed by atoms with E-state index in [-0.39, 0.29) is 23.9 Å². The molecule has 1 fully saturated rings. The first-order valence-electron chi connectivity index (χ1n) is 10.5. The molecule has 1 aromatic carbocycles. The van der Waals surface area contributed by atoms with Crippen molar-refractivity contribution in [3.8, 4) is 0 Å². The second-order valence-electron chi connectivity index (χ2n) is 9.22. The Labute approximate surface area is 182 Å². The average Bonchev–Trinajstić information content (AvgIpc) is 3.17. The SMILES string of the molecule is CC1=C(C(=O)OCC2CCCO2)C(c2cccc(Cl)c2)C2=C(CC(C)(C)CC2=O)N1. The minimum Gasteiger partial charge on any atom is -0.459 e. The van der Waals surface area contributed by atoms with E-state index in [2.05, 4.69) is 19.2 Å². The molecule has 0 spiro atoms. The van der Waals surface area contributed by atoms with Gasteiger partial charge in [-0.3, -0.25) is 4.79 Å². The van der Waals surface area contributed by atoms with Gasteiger partial charge in [0.05, 0.1) is 11.7 Å². The molecule has 1 aliphatic carbocycles. The van der Waals surface area contributed by atoms with Crippen LogP contribution in [-0.4, -0.2) is 31.1 Å². The van der Waals surface area contributed by atoms with Gasteiger partial charge >= 0.3 is 5.97 Å². The number of dihydropyridines is 1. The standard InChI is InChI=1S/C24H28ClNO4/c1-14-20(23(28)30-13-17-8-5-9-29-17)21(15-6-4-7-16(25)10-15)22-18(26-14)11-24(2,3)12-19(22)27/h4,6-7,10,17,21,26H,5,8-9,11-13H2,1-3H3. The van der Waals surface area contributed by atoms with Crippen molar-refractivity contribution in [2.45, 2.75) is 58.5 Å². The summed E-state index contributed by atoms with van der Waals surface area (Å²) in [6.45, 7) is 6.99. The quantitative estimate of drug-likeness (QED) is 0.705. The van der Waals surface area contributed by atoms with Gasteiger partial charge < -0.3 is 14.8 Å². The highest BCUT2D eigenvalue weighted by Gasteiger charge is 2.43. The lowest BCUT2D eigenvalue weighted by Crippen LogP contribution is -2.39. The number of halogens is 1. The van der Waals surface area contributed by atoms with E-state index in [1.807, 2.05) is 25.1 Å². The van der Waals surface area contributed by atoms with Crippen LogP contribution in [-0.2, 0) is 19.1 Å². The molecule has 2 atom stereocenters. The first kappa shape index (κ1) is 21.1. The lowest BCUT2D eigenvalue weighted by atomic mass is 9.68. The van der Waals surface area contributed by atoms with E-state index in [1.54, 1.807) is 6.07 Å². The van der Waals surface area contributed by atoms with Crippen LogP contribution in [0.25, 0.3) is 0 Å². The van der Waals surface area contributed by atoms with Crippen molar-refractivity contribution >= 4 is 23.4 Å². The third-order valence-electron chi connectivity index (χ3n) is 6.07. The molecule has 0 radical (unpaired) electrons. The number of benzene rings is 1. The highest BCUT2D eigenvalue weighted by Crippen LogP contribution is 2.47. The van der Waals surface area contributed by atoms with Crippen LogP contribution in [0.2, 0.25) is 5.02 Å². The van der Waals surface area contributed by atoms with Crippen LogP contribution in [0.15, 0.2) is 46.8 Å². The van der Waals surface area contributed by atoms with Crippen LogP contribution in [0.5, 0.6) is 0 Å². The predicted molar refractivity (Wildman–Crippen MR) is 115 cm³/mol. The van der Waals surface area contributed by atoms with Crippen molar-refractivity contribution in [1.82, 2.24) is 5.32 Å². The molecule has 2 aliphatic heterocycles. The van der Waals surface area contributed by atoms with Crippen molar-refractivity contribution < 1.29 is 19.1 Å². The fraction of sp³-hybridized carbons (Fsp3) is 0.500. The number of Topliss-reactive ketones (excluding diaryl/α,β-unsaturated/α-hetero) is 1. The van der Waals surface area contributed by atoms with Crippen LogP contribution in [0.4, 0.5) is 0 Å². The van der Waals surface area contributed by atoms with Gasteiger partial charge in [-0.05, 0) is 49.3 Å². The number of nitrogens with one attached hydrogen (secondary N) is 1. The van der Waals surface area contributed by atoms with Gasteiger partial charge in [-0.1, -0.05) is 37.6 Å². The molecule has 0 saturated carbocycles. The molecule has 1 N–H and O–H groups in total. The summed E-state index contributed by atoms with van der Waals surface area (Å²) in [6.07, 6.45) is 3.02. The van der Waals surface area contributed by atoms with Gasteiger partial charge in [0.25, 0.3) is 0 Å². The highest BCUT2D eigenvalue weighted by molar-refractivity contribution is 6.30. The summed E-state index contributed by atoms with van der Waals surface area (Å²) in [5.41, 5.74) is 3.46. The summed E-state index contributed by atoms with van der Waals surface area (Å²) in [7, 11) is 0. The van der Waals surface area contributed by atoms with Crippen LogP contribution >= 0.6 is 11.6 Å². The van der Waals surface area contributed by atoms with E-state index in [0.717, 1.165) is 36.2 Å². The fourth-order valence-electron chi connectivity index (χ4n) is 4.75. The van der Waals surface area contributed by atoms with Crippen LogP contribution in [0.3, 0.4) is 0 Å². The van der Waals surface area contributed by atoms with Crippen LogP contribution in [0, 0.1) is 5.41 Å². The van der Waals surface area contributed by atoms with Crippen LogP contribution in [0.1, 0.15) is 57.9 Å². The summed E-state index contributed by atoms with van der Waals surface area (Å²) in [5, 5.41) is 3.92. The molecular formula is C24H28ClNO4. The summed E-state index contributed by atoms with van der Waals surface area (Å²) in [5.74, 6) is -0.833. The second-order valence-corrected chi connectivity index (χ2v) is 9.65. The number of rotatable bonds is 4. The number of esters is 1. The first-order chi connectivity index (χ1) is 14.2. The zero-order chi connectivity index (χ0) is 21.5. The zero-order valence-corrected chi connectivity index (χ0v) is 18.5. The smallest absolute Gasteiger partial charge is 0.336 e. The Kier molecular flexibility index (Phi) is 5.78. The number of ether oxygens (including phenoxy) is 2. The second kappa shape index (κ2) is 8.20. The van der Waals surface area contributed by atoms with Crippen molar-refractivity contribution in [3.05, 3.63) is 57.4 Å². The maximum Gasteiger partial charge on any atom is 0.336 e. The molecule has 0 aromatic heterocycles. The van der Waals surface area contributed by atoms with Gasteiger partial charge in [0.15, 0.2) is 5.78 Å². The van der Waals surface area contributed by atoms with Gasteiger partial charge in [0.2, 0.25) is 0 Å². The minimum atomic E-state index is -0.486. The number of ketones is 1. The monoisotopic (exact) mass is 429 g/mol. The summed E-state index contributed by atoms with van der Waals surface area (Å²) in [4.78, 5) is 26.4. The maximum absolute atomic E-state index is 13.2. The Balaban J connectivity index is 1.72. The van der Waals surface area contributed by atoms with Gasteiger partial charge in [0, 0.05) is 40.9 Å². The average molecular weight is 430 g/mol. The Hall–Kier alpha value is -2.11. The van der Waals surface area contributed by atoms with E-state index < -0.39 is 11.9 Å². The zero-order valence-electron chi connectivity index (χ0n) is 17.7. The predicted octanol–water partition coefficient (Wildman–Crippen LogP) is 4.67. The lowest BCUT2D eigenvalue weighted by molar-refractivity contribution is -0.142. The summed E-state index contributed by atoms with van der Waals surface area (Å²) < 4.78 is 11.2. The van der Waals surface area contributed by atoms with E-state index in [0.29, 0.717) is 29.2 Å². The van der Waals surface area contributed by atoms with Crippen molar-refractivity contribution in [3.63, 3.8) is 0 Å². The molecule has 30 heavy (non-hydrogen) atoms. The number of carbonyl (C=O) groups is 2. The highest BCUT2D eigenvalue weighted by atomic mass is 35.5. The van der Waals surface area contributed by atoms with Gasteiger partial charge in [0.1, 0.15) is 6.61 Å². The van der Waals surface area contributed by atoms with E-state index in [4.69, 9.17) is 21.1 Å². The molecule has 1 aromatic rings. The lowest BCUT2D eigenvalue weighted by Gasteiger charge is -2.39. The molecule has 160 valence electrons. The molecule has 2 heterocycles. The number of hydrogen-bond acceptors (Lipinski definition) is 5. The third-order valence-corrected chi connectivity index (χ3v) is 6.30. The maximum atomic E-state index is 13.2. The molecule has 0 bridgehead atoms. The number of carbonyl (C=O) groups excluding carboxylic acids is 2. The minimum absolute atomic E-state index is 0.0529. The summed E-state index contributed by atoms with van der Waals surface area (Å²) >= 11 is 6.27. The van der Waals surface area contributed by atoms with Crippen molar-refractivity contribution in [2.75, 3.05) is 13.2 Å². The molecule has 5 nitrogen and oxygen atoms in total. The number of allylic oxidation sites excluding steroid dienone is 3. The van der Waals surface area contributed by atoms with Gasteiger partial charge in [-0.15, -0.1) is 0 Å². The van der Waals surface area contributed by atoms with Gasteiger partial charge in [-0.2, -0.15) is 0 Å². The Morgan fingerprint density at radius 3 is 2.83 bits per heavy atom.